The van der Waals surface area contributed by atoms with E-state index in [1.807, 2.05) is 0 Å². The molecule has 2 aromatic rings. The number of H-pyrrole nitrogens is 1. The molecule has 2 rings (SSSR count). The third-order valence-electron chi connectivity index (χ3n) is 2.17. The molecule has 0 aliphatic heterocycles. The van der Waals surface area contributed by atoms with E-state index < -0.39 is 11.4 Å². The maximum absolute atomic E-state index is 13.4. The van der Waals surface area contributed by atoms with E-state index in [9.17, 15) is 9.18 Å². The minimum absolute atomic E-state index is 0.0909. The number of halogens is 3. The molecule has 0 bridgehead atoms. The van der Waals surface area contributed by atoms with Crippen molar-refractivity contribution in [2.45, 2.75) is 0 Å². The number of rotatable bonds is 3. The van der Waals surface area contributed by atoms with Crippen LogP contribution in [0, 0.1) is 5.82 Å². The summed E-state index contributed by atoms with van der Waals surface area (Å²) in [5, 5.41) is 9.59. The minimum Gasteiger partial charge on any atom is -0.275 e. The van der Waals surface area contributed by atoms with Gasteiger partial charge < -0.3 is 0 Å². The fraction of sp³-hybridized carbons (Fsp3) is 0. The summed E-state index contributed by atoms with van der Waals surface area (Å²) in [4.78, 5) is 11.2. The quantitative estimate of drug-likeness (QED) is 0.676. The van der Waals surface area contributed by atoms with Crippen molar-refractivity contribution in [3.63, 3.8) is 0 Å². The summed E-state index contributed by atoms with van der Waals surface area (Å²) in [7, 11) is 0. The zero-order chi connectivity index (χ0) is 13.8. The molecule has 0 spiro atoms. The minimum atomic E-state index is -0.550. The van der Waals surface area contributed by atoms with E-state index in [0.717, 1.165) is 0 Å². The number of nitrogens with zero attached hydrogens (tertiary/aromatic N) is 2. The summed E-state index contributed by atoms with van der Waals surface area (Å²) in [5.41, 5.74) is 2.27. The molecule has 0 aliphatic carbocycles. The zero-order valence-corrected chi connectivity index (χ0v) is 10.8. The van der Waals surface area contributed by atoms with E-state index >= 15 is 0 Å². The maximum Gasteiger partial charge on any atom is 0.285 e. The van der Waals surface area contributed by atoms with Crippen LogP contribution in [-0.4, -0.2) is 16.4 Å². The van der Waals surface area contributed by atoms with Crippen LogP contribution in [0.15, 0.2) is 34.3 Å². The fourth-order valence-corrected chi connectivity index (χ4v) is 1.61. The van der Waals surface area contributed by atoms with Crippen LogP contribution in [0.2, 0.25) is 10.0 Å². The van der Waals surface area contributed by atoms with E-state index in [1.54, 1.807) is 0 Å². The molecule has 2 N–H and O–H groups in total. The van der Waals surface area contributed by atoms with Gasteiger partial charge in [0.2, 0.25) is 0 Å². The summed E-state index contributed by atoms with van der Waals surface area (Å²) in [6, 6.07) is 4.28. The molecule has 0 radical (unpaired) electrons. The number of hydrogen-bond donors (Lipinski definition) is 2. The van der Waals surface area contributed by atoms with Gasteiger partial charge in [-0.1, -0.05) is 29.3 Å². The van der Waals surface area contributed by atoms with Gasteiger partial charge in [-0.05, 0) is 12.1 Å². The van der Waals surface area contributed by atoms with Crippen LogP contribution in [0.25, 0.3) is 0 Å². The first-order valence-corrected chi connectivity index (χ1v) is 5.81. The second kappa shape index (κ2) is 5.81. The second-order valence-electron chi connectivity index (χ2n) is 3.43. The van der Waals surface area contributed by atoms with Gasteiger partial charge in [0.05, 0.1) is 17.4 Å². The van der Waals surface area contributed by atoms with Crippen LogP contribution in [0.5, 0.6) is 0 Å². The van der Waals surface area contributed by atoms with Crippen molar-refractivity contribution < 1.29 is 4.39 Å². The van der Waals surface area contributed by atoms with Crippen molar-refractivity contribution in [3.05, 3.63) is 56.2 Å². The van der Waals surface area contributed by atoms with Gasteiger partial charge in [0.1, 0.15) is 16.5 Å². The molecule has 0 unspecified atom stereocenters. The first kappa shape index (κ1) is 13.5. The summed E-state index contributed by atoms with van der Waals surface area (Å²) in [6.07, 6.45) is 2.47. The molecule has 0 amide bonds. The van der Waals surface area contributed by atoms with E-state index in [0.29, 0.717) is 0 Å². The van der Waals surface area contributed by atoms with Crippen molar-refractivity contribution in [2.24, 2.45) is 5.10 Å². The van der Waals surface area contributed by atoms with Gasteiger partial charge in [-0.2, -0.15) is 10.2 Å². The third kappa shape index (κ3) is 3.10. The topological polar surface area (TPSA) is 70.1 Å². The molecular weight excluding hydrogens is 294 g/mol. The lowest BCUT2D eigenvalue weighted by atomic mass is 10.2. The highest BCUT2D eigenvalue weighted by Crippen LogP contribution is 2.17. The lowest BCUT2D eigenvalue weighted by Gasteiger charge is -2.02. The van der Waals surface area contributed by atoms with E-state index in [1.165, 1.54) is 30.6 Å². The van der Waals surface area contributed by atoms with Crippen LogP contribution < -0.4 is 11.0 Å². The average Bonchev–Trinajstić information content (AvgIpc) is 2.38. The van der Waals surface area contributed by atoms with Crippen molar-refractivity contribution in [3.8, 4) is 0 Å². The van der Waals surface area contributed by atoms with Crippen molar-refractivity contribution in [2.75, 3.05) is 5.43 Å². The third-order valence-corrected chi connectivity index (χ3v) is 2.88. The lowest BCUT2D eigenvalue weighted by molar-refractivity contribution is 0.626. The van der Waals surface area contributed by atoms with E-state index in [4.69, 9.17) is 23.2 Å². The van der Waals surface area contributed by atoms with Gasteiger partial charge in [-0.15, -0.1) is 0 Å². The van der Waals surface area contributed by atoms with Crippen LogP contribution in [-0.2, 0) is 0 Å². The monoisotopic (exact) mass is 300 g/mol. The Hall–Kier alpha value is -1.92. The second-order valence-corrected chi connectivity index (χ2v) is 4.22. The fourth-order valence-electron chi connectivity index (χ4n) is 1.26. The molecule has 5 nitrogen and oxygen atoms in total. The smallest absolute Gasteiger partial charge is 0.275 e. The standard InChI is InChI=1S/C11H7Cl2FN4O/c12-7-2-1-3-8(14)6(7)4-15-17-9-5-16-18-11(19)10(9)13/h1-5H,(H2,17,18,19)/b15-4-. The number of aromatic nitrogens is 2. The number of aromatic amines is 1. The molecule has 0 atom stereocenters. The van der Waals surface area contributed by atoms with Crippen molar-refractivity contribution in [1.29, 1.82) is 0 Å². The number of benzene rings is 1. The number of hydrogen-bond acceptors (Lipinski definition) is 4. The maximum atomic E-state index is 13.4. The number of hydrazone groups is 1. The van der Waals surface area contributed by atoms with Crippen LogP contribution in [0.1, 0.15) is 5.56 Å². The highest BCUT2D eigenvalue weighted by atomic mass is 35.5. The predicted molar refractivity (Wildman–Crippen MR) is 72.5 cm³/mol. The molecule has 98 valence electrons. The number of nitrogens with one attached hydrogen (secondary N) is 2. The van der Waals surface area contributed by atoms with E-state index in [-0.39, 0.29) is 21.3 Å². The lowest BCUT2D eigenvalue weighted by Crippen LogP contribution is -2.10. The normalized spacial score (nSPS) is 10.9. The molecule has 0 saturated heterocycles. The Morgan fingerprint density at radius 2 is 2.21 bits per heavy atom. The molecule has 1 aromatic carbocycles. The predicted octanol–water partition coefficient (Wildman–Crippen LogP) is 2.66. The molecule has 1 heterocycles. The van der Waals surface area contributed by atoms with Gasteiger partial charge in [-0.25, -0.2) is 9.49 Å². The first-order chi connectivity index (χ1) is 9.09. The highest BCUT2D eigenvalue weighted by molar-refractivity contribution is 6.33. The molecule has 0 saturated carbocycles. The average molecular weight is 301 g/mol. The SMILES string of the molecule is O=c1[nH]ncc(N/N=C\c2c(F)cccc2Cl)c1Cl. The van der Waals surface area contributed by atoms with Gasteiger partial charge in [0.25, 0.3) is 5.56 Å². The van der Waals surface area contributed by atoms with Gasteiger partial charge in [-0.3, -0.25) is 10.2 Å². The van der Waals surface area contributed by atoms with Crippen molar-refractivity contribution in [1.82, 2.24) is 10.2 Å². The Morgan fingerprint density at radius 1 is 1.42 bits per heavy atom. The van der Waals surface area contributed by atoms with Gasteiger partial charge in [0, 0.05) is 5.56 Å². The largest absolute Gasteiger partial charge is 0.285 e. The van der Waals surface area contributed by atoms with Crippen molar-refractivity contribution >= 4 is 35.1 Å². The Bertz CT molecular complexity index is 666. The summed E-state index contributed by atoms with van der Waals surface area (Å²) < 4.78 is 13.4. The number of anilines is 1. The zero-order valence-electron chi connectivity index (χ0n) is 9.32. The molecule has 8 heteroatoms. The Balaban J connectivity index is 2.21. The summed E-state index contributed by atoms with van der Waals surface area (Å²) in [5.74, 6) is -0.506. The van der Waals surface area contributed by atoms with E-state index in [2.05, 4.69) is 20.7 Å². The molecular formula is C11H7Cl2FN4O. The van der Waals surface area contributed by atoms with Crippen LogP contribution in [0.4, 0.5) is 10.1 Å². The molecule has 0 aliphatic rings. The highest BCUT2D eigenvalue weighted by Gasteiger charge is 2.05. The first-order valence-electron chi connectivity index (χ1n) is 5.06. The van der Waals surface area contributed by atoms with Gasteiger partial charge in [0.15, 0.2) is 0 Å². The van der Waals surface area contributed by atoms with Gasteiger partial charge >= 0.3 is 0 Å². The summed E-state index contributed by atoms with van der Waals surface area (Å²) in [6.45, 7) is 0. The Labute approximate surface area is 117 Å². The summed E-state index contributed by atoms with van der Waals surface area (Å²) >= 11 is 11.5. The molecule has 19 heavy (non-hydrogen) atoms. The Kier molecular flexibility index (Phi) is 4.13. The molecule has 0 fully saturated rings. The van der Waals surface area contributed by atoms with Crippen LogP contribution >= 0.6 is 23.2 Å². The molecule has 1 aromatic heterocycles. The Morgan fingerprint density at radius 3 is 2.95 bits per heavy atom. The van der Waals surface area contributed by atoms with Crippen LogP contribution in [0.3, 0.4) is 0 Å².